The van der Waals surface area contributed by atoms with Crippen LogP contribution in [-0.2, 0) is 6.42 Å². The molecule has 0 aliphatic heterocycles. The second kappa shape index (κ2) is 4.84. The molecule has 1 aromatic carbocycles. The van der Waals surface area contributed by atoms with Crippen molar-refractivity contribution in [3.8, 4) is 0 Å². The minimum Gasteiger partial charge on any atom is -0.289 e. The van der Waals surface area contributed by atoms with E-state index in [1.165, 1.54) is 12.1 Å². The molecule has 0 spiro atoms. The van der Waals surface area contributed by atoms with Gasteiger partial charge in [0, 0.05) is 18.2 Å². The van der Waals surface area contributed by atoms with E-state index >= 15 is 0 Å². The second-order valence-corrected chi connectivity index (χ2v) is 5.22. The summed E-state index contributed by atoms with van der Waals surface area (Å²) in [5.74, 6) is -0.423. The van der Waals surface area contributed by atoms with Gasteiger partial charge in [-0.2, -0.15) is 0 Å². The minimum atomic E-state index is -0.307. The molecule has 2 nitrogen and oxygen atoms in total. The molecule has 2 aromatic rings. The summed E-state index contributed by atoms with van der Waals surface area (Å²) in [7, 11) is 0. The van der Waals surface area contributed by atoms with E-state index in [9.17, 15) is 9.18 Å². The third-order valence-corrected chi connectivity index (χ3v) is 3.66. The quantitative estimate of drug-likeness (QED) is 0.742. The van der Waals surface area contributed by atoms with Gasteiger partial charge in [0.25, 0.3) is 0 Å². The second-order valence-electron chi connectivity index (χ2n) is 4.83. The first-order valence-corrected chi connectivity index (χ1v) is 6.58. The first-order chi connectivity index (χ1) is 9.54. The molecule has 0 saturated carbocycles. The molecule has 0 amide bonds. The van der Waals surface area contributed by atoms with Crippen molar-refractivity contribution >= 4 is 23.0 Å². The number of carbonyl (C=O) groups is 1. The fourth-order valence-corrected chi connectivity index (χ4v) is 2.59. The van der Waals surface area contributed by atoms with E-state index in [0.29, 0.717) is 17.1 Å². The molecule has 3 rings (SSSR count). The number of aryl methyl sites for hydroxylation is 1. The van der Waals surface area contributed by atoms with Gasteiger partial charge in [-0.15, -0.1) is 0 Å². The smallest absolute Gasteiger partial charge is 0.186 e. The summed E-state index contributed by atoms with van der Waals surface area (Å²) in [5.41, 5.74) is 3.90. The number of carbonyl (C=O) groups excluding carboxylic acids is 1. The number of fused-ring (bicyclic) bond motifs is 1. The molecule has 0 unspecified atom stereocenters. The number of allylic oxidation sites excluding steroid dienone is 2. The van der Waals surface area contributed by atoms with Gasteiger partial charge in [-0.05, 0) is 53.5 Å². The van der Waals surface area contributed by atoms with Crippen molar-refractivity contribution in [1.82, 2.24) is 4.98 Å². The molecule has 1 aliphatic carbocycles. The predicted octanol–water partition coefficient (Wildman–Crippen LogP) is 4.00. The number of aromatic nitrogens is 1. The maximum Gasteiger partial charge on any atom is 0.186 e. The number of halogens is 2. The van der Waals surface area contributed by atoms with Gasteiger partial charge < -0.3 is 0 Å². The van der Waals surface area contributed by atoms with Crippen LogP contribution >= 0.6 is 11.6 Å². The number of rotatable bonds is 1. The van der Waals surface area contributed by atoms with Gasteiger partial charge >= 0.3 is 0 Å². The Labute approximate surface area is 120 Å². The summed E-state index contributed by atoms with van der Waals surface area (Å²) in [5, 5.41) is 0.302. The van der Waals surface area contributed by atoms with Gasteiger partial charge in [0.05, 0.1) is 0 Å². The molecule has 20 heavy (non-hydrogen) atoms. The normalized spacial score (nSPS) is 13.9. The average molecular weight is 288 g/mol. The molecule has 4 heteroatoms. The Morgan fingerprint density at radius 3 is 2.85 bits per heavy atom. The Balaban J connectivity index is 2.09. The topological polar surface area (TPSA) is 30.0 Å². The van der Waals surface area contributed by atoms with Crippen LogP contribution in [0.5, 0.6) is 0 Å². The van der Waals surface area contributed by atoms with Gasteiger partial charge in [0.2, 0.25) is 0 Å². The summed E-state index contributed by atoms with van der Waals surface area (Å²) in [6.45, 7) is 1.90. The van der Waals surface area contributed by atoms with E-state index in [4.69, 9.17) is 11.6 Å². The molecule has 0 atom stereocenters. The number of ketones is 1. The lowest BCUT2D eigenvalue weighted by molar-refractivity contribution is 0.104. The van der Waals surface area contributed by atoms with Crippen molar-refractivity contribution in [2.45, 2.75) is 13.3 Å². The molecule has 100 valence electrons. The lowest BCUT2D eigenvalue weighted by atomic mass is 9.87. The van der Waals surface area contributed by atoms with Crippen molar-refractivity contribution in [3.05, 3.63) is 69.8 Å². The van der Waals surface area contributed by atoms with Crippen LogP contribution in [0.15, 0.2) is 36.5 Å². The van der Waals surface area contributed by atoms with E-state index in [2.05, 4.69) is 4.98 Å². The molecule has 0 N–H and O–H groups in total. The van der Waals surface area contributed by atoms with E-state index in [1.807, 2.05) is 6.92 Å². The third-order valence-electron chi connectivity index (χ3n) is 3.45. The van der Waals surface area contributed by atoms with E-state index < -0.39 is 0 Å². The maximum absolute atomic E-state index is 13.4. The zero-order chi connectivity index (χ0) is 14.3. The SMILES string of the molecule is Cc1ccc(F)cc1C1=CC(=O)c2cc(Cl)ncc2C1. The number of hydrogen-bond acceptors (Lipinski definition) is 2. The Bertz CT molecular complexity index is 752. The van der Waals surface area contributed by atoms with E-state index in [-0.39, 0.29) is 11.6 Å². The molecule has 0 saturated heterocycles. The van der Waals surface area contributed by atoms with Crippen molar-refractivity contribution in [1.29, 1.82) is 0 Å². The minimum absolute atomic E-state index is 0.116. The van der Waals surface area contributed by atoms with Crippen molar-refractivity contribution in [3.63, 3.8) is 0 Å². The molecule has 0 bridgehead atoms. The van der Waals surface area contributed by atoms with Crippen molar-refractivity contribution in [2.75, 3.05) is 0 Å². The highest BCUT2D eigenvalue weighted by molar-refractivity contribution is 6.30. The highest BCUT2D eigenvalue weighted by atomic mass is 35.5. The van der Waals surface area contributed by atoms with Crippen LogP contribution in [0.2, 0.25) is 5.15 Å². The van der Waals surface area contributed by atoms with Crippen LogP contribution in [0.3, 0.4) is 0 Å². The van der Waals surface area contributed by atoms with Crippen LogP contribution in [0.25, 0.3) is 5.57 Å². The predicted molar refractivity (Wildman–Crippen MR) is 76.4 cm³/mol. The molecular formula is C16H11ClFNO. The van der Waals surface area contributed by atoms with Gasteiger partial charge in [-0.1, -0.05) is 17.7 Å². The lowest BCUT2D eigenvalue weighted by Gasteiger charge is -2.17. The Morgan fingerprint density at radius 1 is 1.25 bits per heavy atom. The van der Waals surface area contributed by atoms with Gasteiger partial charge in [-0.25, -0.2) is 9.37 Å². The Morgan fingerprint density at radius 2 is 2.05 bits per heavy atom. The van der Waals surface area contributed by atoms with Crippen molar-refractivity contribution in [2.24, 2.45) is 0 Å². The zero-order valence-electron chi connectivity index (χ0n) is 10.8. The summed E-state index contributed by atoms with van der Waals surface area (Å²) in [6, 6.07) is 6.17. The Kier molecular flexibility index (Phi) is 3.14. The van der Waals surface area contributed by atoms with Crippen LogP contribution in [0.1, 0.15) is 27.0 Å². The van der Waals surface area contributed by atoms with Crippen molar-refractivity contribution < 1.29 is 9.18 Å². The van der Waals surface area contributed by atoms with Gasteiger partial charge in [-0.3, -0.25) is 4.79 Å². The highest BCUT2D eigenvalue weighted by Gasteiger charge is 2.20. The fourth-order valence-electron chi connectivity index (χ4n) is 2.43. The molecular weight excluding hydrogens is 277 g/mol. The first kappa shape index (κ1) is 13.0. The molecule has 0 fully saturated rings. The zero-order valence-corrected chi connectivity index (χ0v) is 11.5. The summed E-state index contributed by atoms with van der Waals surface area (Å²) in [4.78, 5) is 16.2. The highest BCUT2D eigenvalue weighted by Crippen LogP contribution is 2.30. The van der Waals surface area contributed by atoms with E-state index in [1.54, 1.807) is 24.4 Å². The average Bonchev–Trinajstić information content (AvgIpc) is 2.42. The fraction of sp³-hybridized carbons (Fsp3) is 0.125. The summed E-state index contributed by atoms with van der Waals surface area (Å²) < 4.78 is 13.4. The number of pyridine rings is 1. The number of hydrogen-bond donors (Lipinski definition) is 0. The standard InChI is InChI=1S/C16H11ClFNO/c1-9-2-3-12(18)6-13(9)10-4-11-8-19-16(17)7-14(11)15(20)5-10/h2-3,5-8H,4H2,1H3. The number of nitrogens with zero attached hydrogens (tertiary/aromatic N) is 1. The first-order valence-electron chi connectivity index (χ1n) is 6.20. The molecule has 1 aliphatic rings. The number of benzene rings is 1. The van der Waals surface area contributed by atoms with Crippen LogP contribution < -0.4 is 0 Å². The monoisotopic (exact) mass is 287 g/mol. The summed E-state index contributed by atoms with van der Waals surface area (Å²) >= 11 is 5.81. The van der Waals surface area contributed by atoms with Crippen LogP contribution in [0.4, 0.5) is 4.39 Å². The molecule has 1 aromatic heterocycles. The van der Waals surface area contributed by atoms with Gasteiger partial charge in [0.15, 0.2) is 5.78 Å². The van der Waals surface area contributed by atoms with Crippen LogP contribution in [0, 0.1) is 12.7 Å². The summed E-state index contributed by atoms with van der Waals surface area (Å²) in [6.07, 6.45) is 3.72. The molecule has 1 heterocycles. The molecule has 0 radical (unpaired) electrons. The third kappa shape index (κ3) is 2.25. The van der Waals surface area contributed by atoms with E-state index in [0.717, 1.165) is 22.3 Å². The lowest BCUT2D eigenvalue weighted by Crippen LogP contribution is -2.10. The van der Waals surface area contributed by atoms with Crippen LogP contribution in [-0.4, -0.2) is 10.8 Å². The largest absolute Gasteiger partial charge is 0.289 e. The maximum atomic E-state index is 13.4. The Hall–Kier alpha value is -2.00. The van der Waals surface area contributed by atoms with Gasteiger partial charge in [0.1, 0.15) is 11.0 Å².